The molecular weight excluding hydrogens is 1250 g/mol. The van der Waals surface area contributed by atoms with E-state index in [0.717, 1.165) is 114 Å². The van der Waals surface area contributed by atoms with Gasteiger partial charge in [-0.1, -0.05) is 331 Å². The zero-order chi connectivity index (χ0) is 70.3. The third kappa shape index (κ3) is 69.0. The molecule has 3 unspecified atom stereocenters. The van der Waals surface area contributed by atoms with Gasteiger partial charge in [-0.25, -0.2) is 9.13 Å². The molecule has 0 heterocycles. The predicted molar refractivity (Wildman–Crippen MR) is 386 cm³/mol. The molecule has 0 radical (unpaired) electrons. The van der Waals surface area contributed by atoms with Gasteiger partial charge < -0.3 is 33.8 Å². The van der Waals surface area contributed by atoms with Crippen molar-refractivity contribution in [2.45, 2.75) is 401 Å². The van der Waals surface area contributed by atoms with Gasteiger partial charge in [0.25, 0.3) is 0 Å². The monoisotopic (exact) mass is 1400 g/mol. The first-order valence-electron chi connectivity index (χ1n) is 39.2. The molecule has 0 rings (SSSR count). The summed E-state index contributed by atoms with van der Waals surface area (Å²) in [6, 6.07) is 0. The predicted octanol–water partition coefficient (Wildman–Crippen LogP) is 22.0. The highest BCUT2D eigenvalue weighted by atomic mass is 31.2. The summed E-state index contributed by atoms with van der Waals surface area (Å²) in [5, 5.41) is 10.6. The van der Waals surface area contributed by atoms with E-state index in [2.05, 4.69) is 55.4 Å². The number of esters is 4. The van der Waals surface area contributed by atoms with Crippen molar-refractivity contribution in [2.24, 2.45) is 23.7 Å². The van der Waals surface area contributed by atoms with E-state index in [1.165, 1.54) is 180 Å². The van der Waals surface area contributed by atoms with Crippen LogP contribution in [0.25, 0.3) is 0 Å². The molecule has 0 aliphatic carbocycles. The summed E-state index contributed by atoms with van der Waals surface area (Å²) in [5.74, 6) is 0.881. The normalized spacial score (nSPS) is 14.4. The van der Waals surface area contributed by atoms with Crippen molar-refractivity contribution in [1.29, 1.82) is 0 Å². The van der Waals surface area contributed by atoms with E-state index in [9.17, 15) is 43.2 Å². The minimum atomic E-state index is -4.96. The smallest absolute Gasteiger partial charge is 0.462 e. The van der Waals surface area contributed by atoms with Crippen molar-refractivity contribution < 1.29 is 80.2 Å². The van der Waals surface area contributed by atoms with Crippen molar-refractivity contribution in [2.75, 3.05) is 39.6 Å². The Morgan fingerprint density at radius 2 is 0.505 bits per heavy atom. The average Bonchev–Trinajstić information content (AvgIpc) is 2.82. The number of carbonyl (C=O) groups is 4. The summed E-state index contributed by atoms with van der Waals surface area (Å²) >= 11 is 0. The van der Waals surface area contributed by atoms with E-state index in [1.807, 2.05) is 0 Å². The first-order valence-corrected chi connectivity index (χ1v) is 42.2. The third-order valence-corrected chi connectivity index (χ3v) is 19.8. The van der Waals surface area contributed by atoms with E-state index in [4.69, 9.17) is 37.0 Å². The third-order valence-electron chi connectivity index (χ3n) is 17.9. The van der Waals surface area contributed by atoms with E-state index in [0.29, 0.717) is 31.6 Å². The number of aliphatic hydroxyl groups excluding tert-OH is 1. The van der Waals surface area contributed by atoms with Gasteiger partial charge in [-0.05, 0) is 49.4 Å². The second-order valence-electron chi connectivity index (χ2n) is 29.1. The molecule has 3 N–H and O–H groups in total. The number of rotatable bonds is 73. The van der Waals surface area contributed by atoms with Crippen LogP contribution in [-0.2, 0) is 65.4 Å². The fourth-order valence-electron chi connectivity index (χ4n) is 11.5. The molecule has 0 amide bonds. The lowest BCUT2D eigenvalue weighted by Gasteiger charge is -2.21. The largest absolute Gasteiger partial charge is 0.472 e. The molecule has 0 aromatic rings. The molecule has 0 saturated carbocycles. The topological polar surface area (TPSA) is 237 Å². The summed E-state index contributed by atoms with van der Waals surface area (Å²) in [6.07, 6.45) is 50.3. The highest BCUT2D eigenvalue weighted by Gasteiger charge is 2.30. The van der Waals surface area contributed by atoms with Gasteiger partial charge >= 0.3 is 39.5 Å². The Balaban J connectivity index is 5.21. The fourth-order valence-corrected chi connectivity index (χ4v) is 13.1. The van der Waals surface area contributed by atoms with E-state index in [-0.39, 0.29) is 25.7 Å². The second kappa shape index (κ2) is 65.4. The molecule has 0 saturated heterocycles. The second-order valence-corrected chi connectivity index (χ2v) is 32.0. The fraction of sp³-hybridized carbons (Fsp3) is 0.947. The summed E-state index contributed by atoms with van der Waals surface area (Å²) < 4.78 is 68.4. The lowest BCUT2D eigenvalue weighted by Crippen LogP contribution is -2.30. The Hall–Kier alpha value is -1.94. The standard InChI is InChI=1S/C76H148O17P2/c1-9-69(8)55-47-39-33-35-43-51-59-76(81)93-72(63-87-74(79)57-49-41-34-32-38-46-54-68(6)7)65-91-95(84,85)89-61-70(77)60-88-94(82,83)90-64-71(92-75(80)58-50-42-31-27-23-19-15-14-17-21-25-29-37-45-53-67(4)5)62-86-73(78)56-48-40-30-26-22-18-13-11-10-12-16-20-24-28-36-44-52-66(2)3/h66-72,77H,9-65H2,1-8H3,(H,82,83)(H,84,85)/t69?,70-,71-,72-/m1/s1. The van der Waals surface area contributed by atoms with Crippen LogP contribution in [-0.4, -0.2) is 96.7 Å². The van der Waals surface area contributed by atoms with Crippen LogP contribution in [0.3, 0.4) is 0 Å². The van der Waals surface area contributed by atoms with Crippen LogP contribution in [0.4, 0.5) is 0 Å². The van der Waals surface area contributed by atoms with Gasteiger partial charge in [0.1, 0.15) is 19.3 Å². The number of hydrogen-bond acceptors (Lipinski definition) is 15. The van der Waals surface area contributed by atoms with Crippen molar-refractivity contribution in [1.82, 2.24) is 0 Å². The van der Waals surface area contributed by atoms with Gasteiger partial charge in [-0.15, -0.1) is 0 Å². The minimum absolute atomic E-state index is 0.102. The van der Waals surface area contributed by atoms with Gasteiger partial charge in [0.05, 0.1) is 26.4 Å². The van der Waals surface area contributed by atoms with Crippen LogP contribution in [0.5, 0.6) is 0 Å². The van der Waals surface area contributed by atoms with Gasteiger partial charge in [0.2, 0.25) is 0 Å². The maximum atomic E-state index is 13.1. The zero-order valence-electron chi connectivity index (χ0n) is 62.3. The van der Waals surface area contributed by atoms with Gasteiger partial charge in [0, 0.05) is 25.7 Å². The number of ether oxygens (including phenoxy) is 4. The summed E-state index contributed by atoms with van der Waals surface area (Å²) in [7, 11) is -9.91. The highest BCUT2D eigenvalue weighted by molar-refractivity contribution is 7.47. The average molecular weight is 1400 g/mol. The molecule has 0 fully saturated rings. The molecule has 6 atom stereocenters. The van der Waals surface area contributed by atoms with Crippen LogP contribution >= 0.6 is 15.6 Å². The Kier molecular flexibility index (Phi) is 64.0. The first kappa shape index (κ1) is 93.1. The molecule has 0 bridgehead atoms. The first-order chi connectivity index (χ1) is 45.6. The van der Waals surface area contributed by atoms with E-state index < -0.39 is 97.5 Å². The van der Waals surface area contributed by atoms with Crippen LogP contribution in [0, 0.1) is 23.7 Å². The molecule has 0 aliphatic heterocycles. The number of hydrogen-bond donors (Lipinski definition) is 3. The SMILES string of the molecule is CCC(C)CCCCCCCCC(=O)O[C@H](COC(=O)CCCCCCCCC(C)C)COP(=O)(O)OC[C@H](O)COP(=O)(O)OC[C@@H](COC(=O)CCCCCCCCCCCCCCCCCCC(C)C)OC(=O)CCCCCCCCCCCCCCCCC(C)C. The van der Waals surface area contributed by atoms with Gasteiger partial charge in [-0.2, -0.15) is 0 Å². The molecule has 17 nitrogen and oxygen atoms in total. The van der Waals surface area contributed by atoms with Crippen molar-refractivity contribution in [3.05, 3.63) is 0 Å². The highest BCUT2D eigenvalue weighted by Crippen LogP contribution is 2.45. The molecular formula is C76H148O17P2. The number of phosphoric ester groups is 2. The summed E-state index contributed by atoms with van der Waals surface area (Å²) in [4.78, 5) is 72.7. The van der Waals surface area contributed by atoms with E-state index in [1.54, 1.807) is 0 Å². The van der Waals surface area contributed by atoms with Crippen LogP contribution < -0.4 is 0 Å². The number of aliphatic hydroxyl groups is 1. The van der Waals surface area contributed by atoms with Crippen molar-refractivity contribution in [3.63, 3.8) is 0 Å². The number of phosphoric acid groups is 2. The van der Waals surface area contributed by atoms with Crippen molar-refractivity contribution >= 4 is 39.5 Å². The Bertz CT molecular complexity index is 1870. The lowest BCUT2D eigenvalue weighted by molar-refractivity contribution is -0.161. The summed E-state index contributed by atoms with van der Waals surface area (Å²) in [6.45, 7) is 14.1. The quantitative estimate of drug-likeness (QED) is 0.0222. The van der Waals surface area contributed by atoms with Crippen LogP contribution in [0.2, 0.25) is 0 Å². The van der Waals surface area contributed by atoms with E-state index >= 15 is 0 Å². The number of unbranched alkanes of at least 4 members (excludes halogenated alkanes) is 38. The number of carbonyl (C=O) groups excluding carboxylic acids is 4. The van der Waals surface area contributed by atoms with Crippen LogP contribution in [0.1, 0.15) is 383 Å². The molecule has 95 heavy (non-hydrogen) atoms. The lowest BCUT2D eigenvalue weighted by atomic mass is 10.00. The minimum Gasteiger partial charge on any atom is -0.462 e. The van der Waals surface area contributed by atoms with Crippen molar-refractivity contribution in [3.8, 4) is 0 Å². The Morgan fingerprint density at radius 1 is 0.295 bits per heavy atom. The maximum absolute atomic E-state index is 13.1. The van der Waals surface area contributed by atoms with Gasteiger partial charge in [0.15, 0.2) is 12.2 Å². The van der Waals surface area contributed by atoms with Crippen LogP contribution in [0.15, 0.2) is 0 Å². The maximum Gasteiger partial charge on any atom is 0.472 e. The molecule has 19 heteroatoms. The Morgan fingerprint density at radius 3 is 0.747 bits per heavy atom. The van der Waals surface area contributed by atoms with Gasteiger partial charge in [-0.3, -0.25) is 37.3 Å². The molecule has 0 aliphatic rings. The molecule has 0 aromatic heterocycles. The Labute approximate surface area is 581 Å². The molecule has 0 spiro atoms. The molecule has 0 aromatic carbocycles. The zero-order valence-corrected chi connectivity index (χ0v) is 64.1. The summed E-state index contributed by atoms with van der Waals surface area (Å²) in [5.41, 5.74) is 0. The molecule has 564 valence electrons.